The van der Waals surface area contributed by atoms with E-state index in [4.69, 9.17) is 5.73 Å². The summed E-state index contributed by atoms with van der Waals surface area (Å²) in [7, 11) is 1.80. The Hall–Kier alpha value is -1.35. The van der Waals surface area contributed by atoms with E-state index in [2.05, 4.69) is 19.1 Å². The fourth-order valence-corrected chi connectivity index (χ4v) is 1.77. The van der Waals surface area contributed by atoms with E-state index in [1.165, 1.54) is 5.56 Å². The molecule has 0 aliphatic heterocycles. The highest BCUT2D eigenvalue weighted by Crippen LogP contribution is 2.31. The van der Waals surface area contributed by atoms with Gasteiger partial charge in [0.05, 0.1) is 5.41 Å². The first-order valence-corrected chi connectivity index (χ1v) is 6.77. The Labute approximate surface area is 116 Å². The Bertz CT molecular complexity index is 441. The molecule has 0 aromatic heterocycles. The van der Waals surface area contributed by atoms with E-state index >= 15 is 0 Å². The van der Waals surface area contributed by atoms with E-state index in [9.17, 15) is 4.79 Å². The van der Waals surface area contributed by atoms with Gasteiger partial charge in [-0.1, -0.05) is 19.1 Å². The zero-order valence-corrected chi connectivity index (χ0v) is 12.9. The van der Waals surface area contributed by atoms with Gasteiger partial charge in [-0.15, -0.1) is 0 Å². The first-order chi connectivity index (χ1) is 8.61. The van der Waals surface area contributed by atoms with E-state index in [1.807, 2.05) is 39.8 Å². The molecule has 0 unspecified atom stereocenters. The molecule has 1 aromatic rings. The van der Waals surface area contributed by atoms with Gasteiger partial charge in [0.1, 0.15) is 0 Å². The molecule has 1 rings (SSSR count). The van der Waals surface area contributed by atoms with E-state index in [0.717, 1.165) is 12.1 Å². The number of aryl methyl sites for hydroxylation is 1. The lowest BCUT2D eigenvalue weighted by atomic mass is 9.74. The summed E-state index contributed by atoms with van der Waals surface area (Å²) in [6, 6.07) is 8.08. The summed E-state index contributed by atoms with van der Waals surface area (Å²) in [5, 5.41) is 0. The van der Waals surface area contributed by atoms with Gasteiger partial charge in [-0.05, 0) is 51.8 Å². The van der Waals surface area contributed by atoms with E-state index < -0.39 is 11.0 Å². The van der Waals surface area contributed by atoms with Crippen molar-refractivity contribution in [2.45, 2.75) is 46.6 Å². The van der Waals surface area contributed by atoms with Crippen LogP contribution in [0, 0.1) is 5.41 Å². The van der Waals surface area contributed by atoms with Gasteiger partial charge in [0, 0.05) is 18.3 Å². The highest BCUT2D eigenvalue weighted by Gasteiger charge is 2.42. The number of benzene rings is 1. The molecule has 0 aliphatic carbocycles. The van der Waals surface area contributed by atoms with Gasteiger partial charge in [0.2, 0.25) is 5.91 Å². The first-order valence-electron chi connectivity index (χ1n) is 6.77. The van der Waals surface area contributed by atoms with Crippen molar-refractivity contribution in [3.63, 3.8) is 0 Å². The molecule has 106 valence electrons. The molecule has 0 spiro atoms. The zero-order valence-electron chi connectivity index (χ0n) is 12.9. The van der Waals surface area contributed by atoms with Crippen molar-refractivity contribution in [1.82, 2.24) is 0 Å². The second-order valence-corrected chi connectivity index (χ2v) is 6.23. The lowest BCUT2D eigenvalue weighted by Gasteiger charge is -2.39. The Balaban J connectivity index is 2.99. The molecule has 0 aliphatic rings. The van der Waals surface area contributed by atoms with Crippen LogP contribution < -0.4 is 10.6 Å². The van der Waals surface area contributed by atoms with Gasteiger partial charge in [-0.25, -0.2) is 0 Å². The number of hydrogen-bond acceptors (Lipinski definition) is 2. The fourth-order valence-electron chi connectivity index (χ4n) is 1.77. The number of nitrogens with zero attached hydrogens (tertiary/aromatic N) is 1. The van der Waals surface area contributed by atoms with Crippen molar-refractivity contribution in [3.05, 3.63) is 29.8 Å². The molecular weight excluding hydrogens is 236 g/mol. The molecule has 0 radical (unpaired) electrons. The summed E-state index contributed by atoms with van der Waals surface area (Å²) in [5.41, 5.74) is 7.11. The van der Waals surface area contributed by atoms with Crippen LogP contribution in [0.2, 0.25) is 0 Å². The van der Waals surface area contributed by atoms with Crippen LogP contribution in [0.25, 0.3) is 0 Å². The second kappa shape index (κ2) is 5.33. The van der Waals surface area contributed by atoms with Gasteiger partial charge in [0.25, 0.3) is 0 Å². The molecule has 0 atom stereocenters. The van der Waals surface area contributed by atoms with Crippen molar-refractivity contribution < 1.29 is 4.79 Å². The molecule has 0 fully saturated rings. The van der Waals surface area contributed by atoms with Crippen LogP contribution in [0.4, 0.5) is 5.69 Å². The van der Waals surface area contributed by atoms with Crippen molar-refractivity contribution >= 4 is 11.6 Å². The smallest absolute Gasteiger partial charge is 0.234 e. The van der Waals surface area contributed by atoms with Crippen LogP contribution in [0.3, 0.4) is 0 Å². The maximum absolute atomic E-state index is 12.6. The number of carbonyl (C=O) groups excluding carboxylic acids is 1. The fraction of sp³-hybridized carbons (Fsp3) is 0.562. The molecule has 0 heterocycles. The standard InChI is InChI=1S/C16H26N2O/c1-7-12-8-10-13(11-9-12)18(6)14(19)15(2,3)16(4,5)17/h8-11H,7,17H2,1-6H3. The third-order valence-corrected chi connectivity index (χ3v) is 4.18. The largest absolute Gasteiger partial charge is 0.325 e. The van der Waals surface area contributed by atoms with Gasteiger partial charge in [0.15, 0.2) is 0 Å². The molecular formula is C16H26N2O. The minimum Gasteiger partial charge on any atom is -0.325 e. The van der Waals surface area contributed by atoms with Gasteiger partial charge >= 0.3 is 0 Å². The Morgan fingerprint density at radius 3 is 2.00 bits per heavy atom. The Kier molecular flexibility index (Phi) is 4.41. The predicted molar refractivity (Wildman–Crippen MR) is 81.3 cm³/mol. The lowest BCUT2D eigenvalue weighted by Crippen LogP contribution is -2.56. The predicted octanol–water partition coefficient (Wildman–Crippen LogP) is 2.98. The number of amides is 1. The molecule has 0 saturated heterocycles. The second-order valence-electron chi connectivity index (χ2n) is 6.23. The number of rotatable bonds is 4. The number of nitrogens with two attached hydrogens (primary N) is 1. The van der Waals surface area contributed by atoms with Crippen LogP contribution in [-0.4, -0.2) is 18.5 Å². The highest BCUT2D eigenvalue weighted by molar-refractivity contribution is 5.97. The zero-order chi connectivity index (χ0) is 14.8. The Morgan fingerprint density at radius 1 is 1.16 bits per heavy atom. The minimum absolute atomic E-state index is 0.0317. The van der Waals surface area contributed by atoms with E-state index in [0.29, 0.717) is 0 Å². The maximum atomic E-state index is 12.6. The van der Waals surface area contributed by atoms with Gasteiger partial charge in [-0.3, -0.25) is 4.79 Å². The molecule has 1 aromatic carbocycles. The molecule has 3 heteroatoms. The molecule has 1 amide bonds. The van der Waals surface area contributed by atoms with Crippen LogP contribution in [0.15, 0.2) is 24.3 Å². The topological polar surface area (TPSA) is 46.3 Å². The van der Waals surface area contributed by atoms with Crippen LogP contribution in [0.5, 0.6) is 0 Å². The summed E-state index contributed by atoms with van der Waals surface area (Å²) in [5.74, 6) is 0.0317. The van der Waals surface area contributed by atoms with Crippen molar-refractivity contribution in [2.75, 3.05) is 11.9 Å². The van der Waals surface area contributed by atoms with E-state index in [1.54, 1.807) is 11.9 Å². The first kappa shape index (κ1) is 15.7. The number of carbonyl (C=O) groups is 1. The lowest BCUT2D eigenvalue weighted by molar-refractivity contribution is -0.129. The third-order valence-electron chi connectivity index (χ3n) is 4.18. The average Bonchev–Trinajstić information content (AvgIpc) is 2.35. The molecule has 19 heavy (non-hydrogen) atoms. The summed E-state index contributed by atoms with van der Waals surface area (Å²) in [6.07, 6.45) is 0.999. The van der Waals surface area contributed by atoms with Gasteiger partial charge < -0.3 is 10.6 Å². The van der Waals surface area contributed by atoms with Gasteiger partial charge in [-0.2, -0.15) is 0 Å². The molecule has 2 N–H and O–H groups in total. The molecule has 0 bridgehead atoms. The highest BCUT2D eigenvalue weighted by atomic mass is 16.2. The van der Waals surface area contributed by atoms with Crippen LogP contribution >= 0.6 is 0 Å². The summed E-state index contributed by atoms with van der Waals surface area (Å²) in [6.45, 7) is 9.68. The molecule has 0 saturated carbocycles. The van der Waals surface area contributed by atoms with Crippen molar-refractivity contribution in [2.24, 2.45) is 11.1 Å². The summed E-state index contributed by atoms with van der Waals surface area (Å²) < 4.78 is 0. The van der Waals surface area contributed by atoms with Crippen molar-refractivity contribution in [3.8, 4) is 0 Å². The number of hydrogen-bond donors (Lipinski definition) is 1. The molecule has 3 nitrogen and oxygen atoms in total. The monoisotopic (exact) mass is 262 g/mol. The number of anilines is 1. The quantitative estimate of drug-likeness (QED) is 0.906. The Morgan fingerprint density at radius 2 is 1.63 bits per heavy atom. The summed E-state index contributed by atoms with van der Waals surface area (Å²) >= 11 is 0. The maximum Gasteiger partial charge on any atom is 0.234 e. The van der Waals surface area contributed by atoms with Crippen LogP contribution in [0.1, 0.15) is 40.2 Å². The average molecular weight is 262 g/mol. The van der Waals surface area contributed by atoms with Crippen molar-refractivity contribution in [1.29, 1.82) is 0 Å². The minimum atomic E-state index is -0.620. The third kappa shape index (κ3) is 3.16. The van der Waals surface area contributed by atoms with E-state index in [-0.39, 0.29) is 5.91 Å². The summed E-state index contributed by atoms with van der Waals surface area (Å²) in [4.78, 5) is 14.3. The van der Waals surface area contributed by atoms with Crippen LogP contribution in [-0.2, 0) is 11.2 Å². The SMILES string of the molecule is CCc1ccc(N(C)C(=O)C(C)(C)C(C)(C)N)cc1. The normalized spacial score (nSPS) is 12.4.